The molecule has 10 heavy (non-hydrogen) atoms. The first-order valence-corrected chi connectivity index (χ1v) is 2.91. The molecule has 2 aromatic carbocycles. The molecule has 0 unspecified atom stereocenters. The Morgan fingerprint density at radius 1 is 1.00 bits per heavy atom. The van der Waals surface area contributed by atoms with Crippen LogP contribution in [0, 0.1) is 36.4 Å². The van der Waals surface area contributed by atoms with Crippen LogP contribution in [0.2, 0.25) is 0 Å². The van der Waals surface area contributed by atoms with Crippen LogP contribution in [0.1, 0.15) is 0 Å². The standard InChI is InChI=1S/C10H2/c1-2-6-10-8-4-3-7-9(10)5-1/h1,5H. The van der Waals surface area contributed by atoms with Crippen LogP contribution in [0.25, 0.3) is 10.8 Å². The van der Waals surface area contributed by atoms with Gasteiger partial charge in [-0.3, -0.25) is 0 Å². The van der Waals surface area contributed by atoms with Gasteiger partial charge in [-0.05, 0) is 47.2 Å². The van der Waals surface area contributed by atoms with E-state index in [1.807, 2.05) is 6.07 Å². The summed E-state index contributed by atoms with van der Waals surface area (Å²) < 4.78 is 0. The number of benzene rings is 2. The third kappa shape index (κ3) is 0.781. The van der Waals surface area contributed by atoms with Crippen LogP contribution in [0.3, 0.4) is 0 Å². The van der Waals surface area contributed by atoms with Crippen molar-refractivity contribution in [1.82, 2.24) is 0 Å². The highest BCUT2D eigenvalue weighted by molar-refractivity contribution is 5.79. The molecule has 6 radical (unpaired) electrons. The van der Waals surface area contributed by atoms with E-state index >= 15 is 0 Å². The van der Waals surface area contributed by atoms with Crippen molar-refractivity contribution in [2.75, 3.05) is 0 Å². The lowest BCUT2D eigenvalue weighted by Gasteiger charge is -1.89. The molecule has 0 atom stereocenters. The third-order valence-corrected chi connectivity index (χ3v) is 1.25. The lowest BCUT2D eigenvalue weighted by Crippen LogP contribution is -1.70. The maximum Gasteiger partial charge on any atom is -0.000000761 e. The number of fused-ring (bicyclic) bond motifs is 1. The highest BCUT2D eigenvalue weighted by atomic mass is 13.9. The average Bonchev–Trinajstić information content (AvgIpc) is 2.05. The maximum absolute atomic E-state index is 2.89. The molecule has 2 aromatic rings. The van der Waals surface area contributed by atoms with Crippen LogP contribution in [0.4, 0.5) is 0 Å². The Morgan fingerprint density at radius 2 is 1.90 bits per heavy atom. The minimum atomic E-state index is 0.862. The summed E-state index contributed by atoms with van der Waals surface area (Å²) in [5.74, 6) is 0. The zero-order valence-corrected chi connectivity index (χ0v) is 5.15. The minimum Gasteiger partial charge on any atom is -0.0531 e. The van der Waals surface area contributed by atoms with E-state index in [1.165, 1.54) is 0 Å². The van der Waals surface area contributed by atoms with Gasteiger partial charge in [0, 0.05) is 0 Å². The highest BCUT2D eigenvalue weighted by Gasteiger charge is 1.88. The van der Waals surface area contributed by atoms with E-state index in [1.54, 1.807) is 6.07 Å². The van der Waals surface area contributed by atoms with Gasteiger partial charge in [-0.2, -0.15) is 0 Å². The Morgan fingerprint density at radius 3 is 2.80 bits per heavy atom. The molecular formula is C10H2. The second-order valence-corrected chi connectivity index (χ2v) is 1.89. The largest absolute Gasteiger partial charge is 0.0531 e. The Bertz CT molecular complexity index is 271. The molecule has 0 aromatic heterocycles. The first kappa shape index (κ1) is 5.48. The van der Waals surface area contributed by atoms with Crippen molar-refractivity contribution in [3.05, 3.63) is 48.5 Å². The van der Waals surface area contributed by atoms with Gasteiger partial charge in [-0.15, -0.1) is 0 Å². The number of hydrogen-bond acceptors (Lipinski definition) is 0. The van der Waals surface area contributed by atoms with E-state index in [0.29, 0.717) is 0 Å². The Kier molecular flexibility index (Phi) is 1.17. The van der Waals surface area contributed by atoms with Crippen molar-refractivity contribution < 1.29 is 0 Å². The van der Waals surface area contributed by atoms with E-state index in [4.69, 9.17) is 0 Å². The van der Waals surface area contributed by atoms with Gasteiger partial charge >= 0.3 is 0 Å². The predicted octanol–water partition coefficient (Wildman–Crippen LogP) is 1.64. The van der Waals surface area contributed by atoms with Crippen LogP contribution in [0.15, 0.2) is 12.1 Å². The molecule has 0 N–H and O–H groups in total. The molecule has 0 aliphatic rings. The van der Waals surface area contributed by atoms with Crippen LogP contribution in [0.5, 0.6) is 0 Å². The molecule has 0 heterocycles. The van der Waals surface area contributed by atoms with Crippen molar-refractivity contribution in [2.24, 2.45) is 0 Å². The topological polar surface area (TPSA) is 0 Å². The molecule has 2 rings (SSSR count). The fourth-order valence-electron chi connectivity index (χ4n) is 0.785. The summed E-state index contributed by atoms with van der Waals surface area (Å²) in [5, 5.41) is 1.82. The average molecular weight is 122 g/mol. The summed E-state index contributed by atoms with van der Waals surface area (Å²) in [6.45, 7) is 0. The fourth-order valence-corrected chi connectivity index (χ4v) is 0.785. The lowest BCUT2D eigenvalue weighted by atomic mass is 10.1. The quantitative estimate of drug-likeness (QED) is 0.498. The molecule has 0 spiro atoms. The van der Waals surface area contributed by atoms with Gasteiger partial charge in [0.05, 0.1) is 0 Å². The van der Waals surface area contributed by atoms with Crippen molar-refractivity contribution in [2.45, 2.75) is 0 Å². The van der Waals surface area contributed by atoms with Gasteiger partial charge in [-0.25, -0.2) is 0 Å². The second-order valence-electron chi connectivity index (χ2n) is 1.89. The zero-order valence-electron chi connectivity index (χ0n) is 5.15. The van der Waals surface area contributed by atoms with E-state index < -0.39 is 0 Å². The van der Waals surface area contributed by atoms with Gasteiger partial charge in [0.15, 0.2) is 0 Å². The van der Waals surface area contributed by atoms with E-state index in [2.05, 4.69) is 36.4 Å². The molecule has 0 heteroatoms. The van der Waals surface area contributed by atoms with Gasteiger partial charge in [0.1, 0.15) is 0 Å². The summed E-state index contributed by atoms with van der Waals surface area (Å²) >= 11 is 0. The summed E-state index contributed by atoms with van der Waals surface area (Å²) in [6, 6.07) is 20.5. The monoisotopic (exact) mass is 122 g/mol. The molecule has 0 nitrogen and oxygen atoms in total. The van der Waals surface area contributed by atoms with Crippen molar-refractivity contribution in [1.29, 1.82) is 0 Å². The maximum atomic E-state index is 2.89. The third-order valence-electron chi connectivity index (χ3n) is 1.25. The Labute approximate surface area is 60.1 Å². The molecule has 0 aliphatic carbocycles. The molecule has 0 saturated carbocycles. The molecule has 0 saturated heterocycles. The smallest absolute Gasteiger partial charge is 0.000000761 e. The SMILES string of the molecule is [c]1[c][c]c2cc[c][c]c2[c]1. The molecular weight excluding hydrogens is 120 g/mol. The summed E-state index contributed by atoms with van der Waals surface area (Å²) in [5.41, 5.74) is 0. The van der Waals surface area contributed by atoms with Crippen LogP contribution in [-0.2, 0) is 0 Å². The van der Waals surface area contributed by atoms with Crippen molar-refractivity contribution >= 4 is 10.8 Å². The predicted molar refractivity (Wildman–Crippen MR) is 37.0 cm³/mol. The van der Waals surface area contributed by atoms with Crippen LogP contribution in [-0.4, -0.2) is 0 Å². The van der Waals surface area contributed by atoms with Gasteiger partial charge in [0.25, 0.3) is 0 Å². The molecule has 0 amide bonds. The van der Waals surface area contributed by atoms with Gasteiger partial charge in [0.2, 0.25) is 0 Å². The summed E-state index contributed by atoms with van der Waals surface area (Å²) in [6.07, 6.45) is 0. The first-order valence-electron chi connectivity index (χ1n) is 2.91. The minimum absolute atomic E-state index is 0.862. The zero-order chi connectivity index (χ0) is 6.81. The van der Waals surface area contributed by atoms with E-state index in [-0.39, 0.29) is 0 Å². The fraction of sp³-hybridized carbons (Fsp3) is 0. The molecule has 0 aliphatic heterocycles. The van der Waals surface area contributed by atoms with Crippen LogP contribution >= 0.6 is 0 Å². The van der Waals surface area contributed by atoms with Crippen molar-refractivity contribution in [3.8, 4) is 0 Å². The molecule has 42 valence electrons. The first-order chi connectivity index (χ1) is 4.97. The molecule has 0 fully saturated rings. The Hall–Kier alpha value is -1.30. The van der Waals surface area contributed by atoms with Crippen molar-refractivity contribution in [3.63, 3.8) is 0 Å². The summed E-state index contributed by atoms with van der Waals surface area (Å²) in [7, 11) is 0. The second kappa shape index (κ2) is 2.14. The van der Waals surface area contributed by atoms with E-state index in [9.17, 15) is 0 Å². The Balaban J connectivity index is 2.89. The van der Waals surface area contributed by atoms with E-state index in [0.717, 1.165) is 10.8 Å². The normalized spacial score (nSPS) is 10.0. The number of hydrogen-bond donors (Lipinski definition) is 0. The van der Waals surface area contributed by atoms with Gasteiger partial charge in [-0.1, -0.05) is 12.1 Å². The molecule has 0 bridgehead atoms. The van der Waals surface area contributed by atoms with Crippen LogP contribution < -0.4 is 0 Å². The lowest BCUT2D eigenvalue weighted by molar-refractivity contribution is 1.68. The highest BCUT2D eigenvalue weighted by Crippen LogP contribution is 2.08. The number of rotatable bonds is 0. The summed E-state index contributed by atoms with van der Waals surface area (Å²) in [4.78, 5) is 0. The van der Waals surface area contributed by atoms with Gasteiger partial charge < -0.3 is 0 Å².